The molecule has 1 aromatic heterocycles. The zero-order valence-electron chi connectivity index (χ0n) is 9.34. The highest BCUT2D eigenvalue weighted by Crippen LogP contribution is 2.32. The number of aryl methyl sites for hydroxylation is 1. The average molecular weight is 240 g/mol. The highest BCUT2D eigenvalue weighted by Gasteiger charge is 2.15. The van der Waals surface area contributed by atoms with Gasteiger partial charge in [-0.05, 0) is 24.6 Å². The Balaban J connectivity index is 2.73. The van der Waals surface area contributed by atoms with E-state index in [1.54, 1.807) is 7.11 Å². The number of hydrogen-bond acceptors (Lipinski definition) is 3. The summed E-state index contributed by atoms with van der Waals surface area (Å²) in [5.41, 5.74) is 8.42. The van der Waals surface area contributed by atoms with Crippen LogP contribution in [0.2, 0.25) is 5.02 Å². The molecule has 0 saturated carbocycles. The maximum atomic E-state index is 6.13. The number of halogens is 1. The van der Waals surface area contributed by atoms with E-state index in [0.717, 1.165) is 22.3 Å². The van der Waals surface area contributed by atoms with Gasteiger partial charge in [0.15, 0.2) is 5.58 Å². The van der Waals surface area contributed by atoms with Crippen molar-refractivity contribution in [1.82, 2.24) is 0 Å². The second-order valence-electron chi connectivity index (χ2n) is 3.76. The summed E-state index contributed by atoms with van der Waals surface area (Å²) < 4.78 is 10.8. The van der Waals surface area contributed by atoms with E-state index in [2.05, 4.69) is 0 Å². The summed E-state index contributed by atoms with van der Waals surface area (Å²) in [4.78, 5) is 0. The molecule has 1 heterocycles. The lowest BCUT2D eigenvalue weighted by Crippen LogP contribution is -1.99. The first-order valence-electron chi connectivity index (χ1n) is 5.06. The van der Waals surface area contributed by atoms with Gasteiger partial charge in [0.25, 0.3) is 0 Å². The largest absolute Gasteiger partial charge is 0.458 e. The molecule has 0 unspecified atom stereocenters. The van der Waals surface area contributed by atoms with Gasteiger partial charge in [0, 0.05) is 18.1 Å². The van der Waals surface area contributed by atoms with Crippen LogP contribution in [0.3, 0.4) is 0 Å². The van der Waals surface area contributed by atoms with Gasteiger partial charge >= 0.3 is 0 Å². The number of fused-ring (bicyclic) bond motifs is 1. The molecule has 2 N–H and O–H groups in total. The maximum absolute atomic E-state index is 6.13. The summed E-state index contributed by atoms with van der Waals surface area (Å²) in [7, 11) is 1.65. The Morgan fingerprint density at radius 3 is 2.81 bits per heavy atom. The number of benzene rings is 1. The molecule has 0 fully saturated rings. The minimum atomic E-state index is 0.350. The smallest absolute Gasteiger partial charge is 0.153 e. The topological polar surface area (TPSA) is 48.4 Å². The lowest BCUT2D eigenvalue weighted by molar-refractivity contribution is 0.184. The van der Waals surface area contributed by atoms with E-state index in [1.807, 2.05) is 19.1 Å². The first kappa shape index (κ1) is 11.5. The van der Waals surface area contributed by atoms with Crippen molar-refractivity contribution in [1.29, 1.82) is 0 Å². The van der Waals surface area contributed by atoms with E-state index < -0.39 is 0 Å². The Morgan fingerprint density at radius 2 is 2.19 bits per heavy atom. The highest BCUT2D eigenvalue weighted by atomic mass is 35.5. The van der Waals surface area contributed by atoms with Crippen molar-refractivity contribution in [3.8, 4) is 0 Å². The minimum absolute atomic E-state index is 0.350. The molecule has 4 heteroatoms. The summed E-state index contributed by atoms with van der Waals surface area (Å²) in [6.45, 7) is 2.83. The monoisotopic (exact) mass is 239 g/mol. The molecule has 1 aromatic carbocycles. The van der Waals surface area contributed by atoms with Gasteiger partial charge in [0.1, 0.15) is 5.76 Å². The average Bonchev–Trinajstić information content (AvgIpc) is 2.58. The van der Waals surface area contributed by atoms with Crippen molar-refractivity contribution < 1.29 is 9.15 Å². The van der Waals surface area contributed by atoms with Gasteiger partial charge < -0.3 is 14.9 Å². The molecule has 0 aliphatic heterocycles. The normalized spacial score (nSPS) is 11.2. The Bertz CT molecular complexity index is 519. The molecule has 16 heavy (non-hydrogen) atoms. The quantitative estimate of drug-likeness (QED) is 0.896. The number of furan rings is 1. The van der Waals surface area contributed by atoms with Gasteiger partial charge in [0.2, 0.25) is 0 Å². The lowest BCUT2D eigenvalue weighted by Gasteiger charge is -2.00. The molecule has 0 spiro atoms. The molecule has 0 atom stereocenters. The molecular weight excluding hydrogens is 226 g/mol. The predicted octanol–water partition coefficient (Wildman–Crippen LogP) is 3.00. The van der Waals surface area contributed by atoms with E-state index in [-0.39, 0.29) is 0 Å². The maximum Gasteiger partial charge on any atom is 0.153 e. The van der Waals surface area contributed by atoms with Crippen LogP contribution in [0.25, 0.3) is 11.0 Å². The standard InChI is InChI=1S/C12H14ClNO2/c1-7-3-8-9(6-15-2)11(5-14)16-12(8)10(13)4-7/h3-4H,5-6,14H2,1-2H3. The number of hydrogen-bond donors (Lipinski definition) is 1. The molecule has 0 bridgehead atoms. The number of methoxy groups -OCH3 is 1. The first-order valence-corrected chi connectivity index (χ1v) is 5.44. The second-order valence-corrected chi connectivity index (χ2v) is 4.17. The van der Waals surface area contributed by atoms with Crippen LogP contribution in [0.15, 0.2) is 16.5 Å². The van der Waals surface area contributed by atoms with Crippen molar-refractivity contribution in [3.05, 3.63) is 34.0 Å². The van der Waals surface area contributed by atoms with Crippen LogP contribution in [0, 0.1) is 6.92 Å². The Morgan fingerprint density at radius 1 is 1.44 bits per heavy atom. The lowest BCUT2D eigenvalue weighted by atomic mass is 10.1. The molecule has 0 radical (unpaired) electrons. The molecule has 0 aliphatic rings. The van der Waals surface area contributed by atoms with Crippen molar-refractivity contribution in [3.63, 3.8) is 0 Å². The molecule has 0 amide bonds. The van der Waals surface area contributed by atoms with E-state index >= 15 is 0 Å². The third kappa shape index (κ3) is 1.82. The Kier molecular flexibility index (Phi) is 3.19. The van der Waals surface area contributed by atoms with E-state index in [0.29, 0.717) is 23.8 Å². The van der Waals surface area contributed by atoms with Crippen molar-refractivity contribution in [2.45, 2.75) is 20.1 Å². The summed E-state index contributed by atoms with van der Waals surface area (Å²) >= 11 is 6.13. The fourth-order valence-electron chi connectivity index (χ4n) is 1.86. The van der Waals surface area contributed by atoms with Crippen LogP contribution in [-0.4, -0.2) is 7.11 Å². The van der Waals surface area contributed by atoms with Gasteiger partial charge in [0.05, 0.1) is 18.2 Å². The van der Waals surface area contributed by atoms with Crippen LogP contribution in [0.4, 0.5) is 0 Å². The van der Waals surface area contributed by atoms with E-state index in [1.165, 1.54) is 0 Å². The second kappa shape index (κ2) is 4.45. The first-order chi connectivity index (χ1) is 7.67. The van der Waals surface area contributed by atoms with Crippen LogP contribution >= 0.6 is 11.6 Å². The zero-order chi connectivity index (χ0) is 11.7. The molecule has 2 aromatic rings. The van der Waals surface area contributed by atoms with E-state index in [9.17, 15) is 0 Å². The fraction of sp³-hybridized carbons (Fsp3) is 0.333. The molecule has 0 aliphatic carbocycles. The van der Waals surface area contributed by atoms with Crippen molar-refractivity contribution in [2.75, 3.05) is 7.11 Å². The number of nitrogens with two attached hydrogens (primary N) is 1. The summed E-state index contributed by atoms with van der Waals surface area (Å²) in [5.74, 6) is 0.740. The van der Waals surface area contributed by atoms with Gasteiger partial charge in [-0.3, -0.25) is 0 Å². The number of ether oxygens (including phenoxy) is 1. The SMILES string of the molecule is COCc1c(CN)oc2c(Cl)cc(C)cc12. The van der Waals surface area contributed by atoms with Crippen LogP contribution in [-0.2, 0) is 17.9 Å². The molecular formula is C12H14ClNO2. The summed E-state index contributed by atoms with van der Waals surface area (Å²) in [6.07, 6.45) is 0. The fourth-order valence-corrected chi connectivity index (χ4v) is 2.17. The van der Waals surface area contributed by atoms with Crippen molar-refractivity contribution in [2.24, 2.45) is 5.73 Å². The third-order valence-electron chi connectivity index (χ3n) is 2.55. The predicted molar refractivity (Wildman–Crippen MR) is 64.6 cm³/mol. The zero-order valence-corrected chi connectivity index (χ0v) is 10.1. The van der Waals surface area contributed by atoms with Crippen LogP contribution in [0.1, 0.15) is 16.9 Å². The molecule has 3 nitrogen and oxygen atoms in total. The van der Waals surface area contributed by atoms with E-state index in [4.69, 9.17) is 26.5 Å². The summed E-state index contributed by atoms with van der Waals surface area (Å²) in [6, 6.07) is 3.92. The van der Waals surface area contributed by atoms with Gasteiger partial charge in [-0.2, -0.15) is 0 Å². The van der Waals surface area contributed by atoms with Crippen LogP contribution < -0.4 is 5.73 Å². The van der Waals surface area contributed by atoms with Gasteiger partial charge in [-0.1, -0.05) is 11.6 Å². The molecule has 86 valence electrons. The minimum Gasteiger partial charge on any atom is -0.458 e. The Hall–Kier alpha value is -1.03. The van der Waals surface area contributed by atoms with Crippen LogP contribution in [0.5, 0.6) is 0 Å². The van der Waals surface area contributed by atoms with Crippen molar-refractivity contribution >= 4 is 22.6 Å². The third-order valence-corrected chi connectivity index (χ3v) is 2.83. The Labute approximate surface area is 99.1 Å². The molecule has 0 saturated heterocycles. The number of rotatable bonds is 3. The van der Waals surface area contributed by atoms with Gasteiger partial charge in [-0.25, -0.2) is 0 Å². The highest BCUT2D eigenvalue weighted by molar-refractivity contribution is 6.35. The van der Waals surface area contributed by atoms with Gasteiger partial charge in [-0.15, -0.1) is 0 Å². The molecule has 2 rings (SSSR count). The summed E-state index contributed by atoms with van der Waals surface area (Å²) in [5, 5.41) is 1.61.